The van der Waals surface area contributed by atoms with Gasteiger partial charge >= 0.3 is 19.8 Å². The Morgan fingerprint density at radius 1 is 0.491 bits per heavy atom. The van der Waals surface area contributed by atoms with E-state index in [2.05, 4.69) is 13.8 Å². The normalized spacial score (nSPS) is 23.0. The standard InChI is InChI=1S/C41H79O13P/c1-3-5-7-9-11-12-13-14-15-16-17-18-19-20-21-22-24-26-28-30-35(43)53-33(31-51-34(42)29-27-25-23-10-8-6-4-2)32-52-55(49,50)54-41-39(47)37(45)36(44)38(46)40(41)48/h33,36-41,44-48H,3-32H2,1-2H3,(H,49,50). The van der Waals surface area contributed by atoms with Crippen molar-refractivity contribution in [2.75, 3.05) is 13.2 Å². The maximum absolute atomic E-state index is 12.7. The van der Waals surface area contributed by atoms with Crippen LogP contribution in [0.1, 0.15) is 194 Å². The number of phosphoric ester groups is 1. The second-order valence-corrected chi connectivity index (χ2v) is 17.0. The molecule has 0 aromatic heterocycles. The summed E-state index contributed by atoms with van der Waals surface area (Å²) in [4.78, 5) is 35.4. The first kappa shape index (κ1) is 51.9. The lowest BCUT2D eigenvalue weighted by Crippen LogP contribution is -2.64. The molecule has 0 aromatic rings. The highest BCUT2D eigenvalue weighted by atomic mass is 31.2. The summed E-state index contributed by atoms with van der Waals surface area (Å²) in [5.74, 6) is -1.09. The predicted octanol–water partition coefficient (Wildman–Crippen LogP) is 7.72. The summed E-state index contributed by atoms with van der Waals surface area (Å²) in [7, 11) is -5.10. The zero-order chi connectivity index (χ0) is 40.7. The van der Waals surface area contributed by atoms with E-state index < -0.39 is 75.7 Å². The Hall–Kier alpha value is -1.15. The van der Waals surface area contributed by atoms with Gasteiger partial charge in [-0.25, -0.2) is 4.57 Å². The van der Waals surface area contributed by atoms with Gasteiger partial charge in [-0.2, -0.15) is 0 Å². The van der Waals surface area contributed by atoms with Gasteiger partial charge in [-0.05, 0) is 12.8 Å². The highest BCUT2D eigenvalue weighted by Gasteiger charge is 2.51. The molecule has 6 unspecified atom stereocenters. The van der Waals surface area contributed by atoms with Crippen LogP contribution in [0.2, 0.25) is 0 Å². The largest absolute Gasteiger partial charge is 0.472 e. The van der Waals surface area contributed by atoms with Crippen molar-refractivity contribution in [3.05, 3.63) is 0 Å². The Labute approximate surface area is 331 Å². The molecule has 1 saturated carbocycles. The molecule has 0 radical (unpaired) electrons. The van der Waals surface area contributed by atoms with Gasteiger partial charge in [0.2, 0.25) is 0 Å². The molecule has 14 heteroatoms. The number of hydrogen-bond donors (Lipinski definition) is 6. The minimum atomic E-state index is -5.10. The molecule has 0 amide bonds. The summed E-state index contributed by atoms with van der Waals surface area (Å²) in [5, 5.41) is 49.9. The Balaban J connectivity index is 2.39. The number of phosphoric acid groups is 1. The smallest absolute Gasteiger partial charge is 0.462 e. The quantitative estimate of drug-likeness (QED) is 0.0204. The topological polar surface area (TPSA) is 210 Å². The van der Waals surface area contributed by atoms with Crippen molar-refractivity contribution in [1.82, 2.24) is 0 Å². The number of aliphatic hydroxyl groups is 5. The van der Waals surface area contributed by atoms with E-state index in [1.165, 1.54) is 103 Å². The summed E-state index contributed by atoms with van der Waals surface area (Å²) in [6.07, 6.45) is 17.7. The lowest BCUT2D eigenvalue weighted by Gasteiger charge is -2.41. The molecule has 1 aliphatic rings. The van der Waals surface area contributed by atoms with Gasteiger partial charge in [0.1, 0.15) is 43.2 Å². The van der Waals surface area contributed by atoms with Gasteiger partial charge in [0, 0.05) is 12.8 Å². The molecular formula is C41H79O13P. The Morgan fingerprint density at radius 2 is 0.818 bits per heavy atom. The molecule has 0 spiro atoms. The third kappa shape index (κ3) is 25.7. The third-order valence-electron chi connectivity index (χ3n) is 10.4. The van der Waals surface area contributed by atoms with Crippen LogP contribution in [0.5, 0.6) is 0 Å². The average molecular weight is 811 g/mol. The molecular weight excluding hydrogens is 731 g/mol. The first-order valence-corrected chi connectivity index (χ1v) is 23.3. The van der Waals surface area contributed by atoms with E-state index in [1.807, 2.05) is 0 Å². The second kappa shape index (κ2) is 32.8. The SMILES string of the molecule is CCCCCCCCCCCCCCCCCCCCCC(=O)OC(COC(=O)CCCCCCCCC)COP(=O)(O)OC1C(O)C(O)C(O)C(O)C1O. The van der Waals surface area contributed by atoms with Crippen molar-refractivity contribution in [2.45, 2.75) is 236 Å². The Kier molecular flexibility index (Phi) is 30.9. The van der Waals surface area contributed by atoms with Crippen molar-refractivity contribution in [3.63, 3.8) is 0 Å². The van der Waals surface area contributed by atoms with Crippen LogP contribution in [0.25, 0.3) is 0 Å². The lowest BCUT2D eigenvalue weighted by atomic mass is 9.85. The molecule has 0 saturated heterocycles. The molecule has 13 nitrogen and oxygen atoms in total. The number of carbonyl (C=O) groups is 2. The molecule has 6 atom stereocenters. The van der Waals surface area contributed by atoms with Crippen LogP contribution in [-0.4, -0.2) is 98.3 Å². The highest BCUT2D eigenvalue weighted by Crippen LogP contribution is 2.47. The fourth-order valence-corrected chi connectivity index (χ4v) is 7.85. The zero-order valence-corrected chi connectivity index (χ0v) is 35.1. The number of ether oxygens (including phenoxy) is 2. The highest BCUT2D eigenvalue weighted by molar-refractivity contribution is 7.47. The van der Waals surface area contributed by atoms with E-state index in [1.54, 1.807) is 0 Å². The maximum Gasteiger partial charge on any atom is 0.472 e. The van der Waals surface area contributed by atoms with E-state index in [0.717, 1.165) is 51.4 Å². The monoisotopic (exact) mass is 811 g/mol. The summed E-state index contributed by atoms with van der Waals surface area (Å²) >= 11 is 0. The molecule has 0 bridgehead atoms. The van der Waals surface area contributed by atoms with Crippen molar-refractivity contribution < 1.29 is 63.1 Å². The number of rotatable bonds is 36. The van der Waals surface area contributed by atoms with Crippen LogP contribution in [0.15, 0.2) is 0 Å². The first-order valence-electron chi connectivity index (χ1n) is 21.8. The van der Waals surface area contributed by atoms with Gasteiger partial charge in [-0.15, -0.1) is 0 Å². The van der Waals surface area contributed by atoms with E-state index in [9.17, 15) is 44.6 Å². The van der Waals surface area contributed by atoms with Gasteiger partial charge in [-0.1, -0.05) is 168 Å². The van der Waals surface area contributed by atoms with Crippen LogP contribution < -0.4 is 0 Å². The fraction of sp³-hybridized carbons (Fsp3) is 0.951. The number of esters is 2. The van der Waals surface area contributed by atoms with Crippen molar-refractivity contribution in [2.24, 2.45) is 0 Å². The molecule has 326 valence electrons. The van der Waals surface area contributed by atoms with Crippen LogP contribution in [-0.2, 0) is 32.7 Å². The van der Waals surface area contributed by atoms with Gasteiger partial charge in [-0.3, -0.25) is 18.6 Å². The molecule has 0 aliphatic heterocycles. The van der Waals surface area contributed by atoms with Crippen LogP contribution in [0.3, 0.4) is 0 Å². The summed E-state index contributed by atoms with van der Waals surface area (Å²) in [5.41, 5.74) is 0. The van der Waals surface area contributed by atoms with Crippen molar-refractivity contribution in [3.8, 4) is 0 Å². The van der Waals surface area contributed by atoms with E-state index in [0.29, 0.717) is 12.8 Å². The average Bonchev–Trinajstić information content (AvgIpc) is 3.16. The number of unbranched alkanes of at least 4 members (excludes halogenated alkanes) is 24. The fourth-order valence-electron chi connectivity index (χ4n) is 6.88. The van der Waals surface area contributed by atoms with Crippen LogP contribution >= 0.6 is 7.82 Å². The molecule has 1 rings (SSSR count). The molecule has 1 fully saturated rings. The van der Waals surface area contributed by atoms with E-state index in [4.69, 9.17) is 18.5 Å². The van der Waals surface area contributed by atoms with Gasteiger partial charge in [0.05, 0.1) is 6.61 Å². The second-order valence-electron chi connectivity index (χ2n) is 15.6. The number of carbonyl (C=O) groups excluding carboxylic acids is 2. The number of hydrogen-bond acceptors (Lipinski definition) is 12. The van der Waals surface area contributed by atoms with Gasteiger partial charge in [0.15, 0.2) is 6.10 Å². The first-order chi connectivity index (χ1) is 26.4. The molecule has 0 heterocycles. The van der Waals surface area contributed by atoms with Crippen LogP contribution in [0, 0.1) is 0 Å². The van der Waals surface area contributed by atoms with Crippen LogP contribution in [0.4, 0.5) is 0 Å². The summed E-state index contributed by atoms with van der Waals surface area (Å²) < 4.78 is 33.3. The minimum absolute atomic E-state index is 0.104. The van der Waals surface area contributed by atoms with E-state index >= 15 is 0 Å². The molecule has 0 aromatic carbocycles. The van der Waals surface area contributed by atoms with E-state index in [-0.39, 0.29) is 12.8 Å². The lowest BCUT2D eigenvalue weighted by molar-refractivity contribution is -0.220. The third-order valence-corrected chi connectivity index (χ3v) is 11.4. The summed E-state index contributed by atoms with van der Waals surface area (Å²) in [6.45, 7) is 3.25. The van der Waals surface area contributed by atoms with Crippen molar-refractivity contribution in [1.29, 1.82) is 0 Å². The molecule has 6 N–H and O–H groups in total. The zero-order valence-electron chi connectivity index (χ0n) is 34.2. The Bertz CT molecular complexity index is 985. The minimum Gasteiger partial charge on any atom is -0.462 e. The Morgan fingerprint density at radius 3 is 1.20 bits per heavy atom. The predicted molar refractivity (Wildman–Crippen MR) is 212 cm³/mol. The number of aliphatic hydroxyl groups excluding tert-OH is 5. The summed E-state index contributed by atoms with van der Waals surface area (Å²) in [6, 6.07) is 0. The maximum atomic E-state index is 12.7. The van der Waals surface area contributed by atoms with Gasteiger partial charge < -0.3 is 39.9 Å². The molecule has 55 heavy (non-hydrogen) atoms. The van der Waals surface area contributed by atoms with Crippen molar-refractivity contribution >= 4 is 19.8 Å². The molecule has 1 aliphatic carbocycles. The van der Waals surface area contributed by atoms with Gasteiger partial charge in [0.25, 0.3) is 0 Å².